The first kappa shape index (κ1) is 14.0. The number of fused-ring (bicyclic) bond motifs is 1. The fraction of sp³-hybridized carbons (Fsp3) is 0.353. The van der Waals surface area contributed by atoms with Crippen LogP contribution in [0.3, 0.4) is 0 Å². The molecule has 0 aromatic carbocycles. The van der Waals surface area contributed by atoms with Crippen molar-refractivity contribution in [3.8, 4) is 11.3 Å². The van der Waals surface area contributed by atoms with Gasteiger partial charge in [0.15, 0.2) is 0 Å². The third-order valence-corrected chi connectivity index (χ3v) is 4.66. The number of nitrogens with zero attached hydrogens (tertiary/aromatic N) is 4. The highest BCUT2D eigenvalue weighted by atomic mass is 15.2. The van der Waals surface area contributed by atoms with Gasteiger partial charge in [0.25, 0.3) is 0 Å². The summed E-state index contributed by atoms with van der Waals surface area (Å²) < 4.78 is 0. The number of nitrogens with one attached hydrogen (secondary N) is 1. The van der Waals surface area contributed by atoms with Crippen LogP contribution in [0.4, 0.5) is 11.6 Å². The lowest BCUT2D eigenvalue weighted by atomic mass is 10.1. The summed E-state index contributed by atoms with van der Waals surface area (Å²) in [6.07, 6.45) is 9.17. The van der Waals surface area contributed by atoms with Crippen molar-refractivity contribution < 1.29 is 0 Å². The van der Waals surface area contributed by atoms with Gasteiger partial charge < -0.3 is 15.6 Å². The summed E-state index contributed by atoms with van der Waals surface area (Å²) in [6.45, 7) is 3.35. The van der Waals surface area contributed by atoms with Crippen molar-refractivity contribution in [1.29, 1.82) is 0 Å². The standard InChI is InChI=1S/C17H20N6/c1-2-11-4-3-9-23(11)14-6-8-19-16-15(14)12(10-21-16)13-5-7-20-17(18)22-13/h5-8,10-11H,2-4,9H2,1H3,(H,19,21)(H2,18,20,22)/t11-/m1/s1. The largest absolute Gasteiger partial charge is 0.368 e. The molecule has 0 amide bonds. The molecule has 1 fully saturated rings. The minimum Gasteiger partial charge on any atom is -0.368 e. The first-order valence-corrected chi connectivity index (χ1v) is 8.09. The van der Waals surface area contributed by atoms with Crippen molar-refractivity contribution in [1.82, 2.24) is 19.9 Å². The molecule has 3 aromatic rings. The molecular formula is C17H20N6. The van der Waals surface area contributed by atoms with Gasteiger partial charge in [-0.1, -0.05) is 6.92 Å². The first-order valence-electron chi connectivity index (χ1n) is 8.09. The molecule has 0 aliphatic carbocycles. The quantitative estimate of drug-likeness (QED) is 0.777. The number of pyridine rings is 1. The lowest BCUT2D eigenvalue weighted by molar-refractivity contribution is 0.647. The van der Waals surface area contributed by atoms with Gasteiger partial charge in [-0.25, -0.2) is 15.0 Å². The number of hydrogen-bond donors (Lipinski definition) is 2. The fourth-order valence-corrected chi connectivity index (χ4v) is 3.58. The molecule has 118 valence electrons. The predicted molar refractivity (Wildman–Crippen MR) is 92.2 cm³/mol. The van der Waals surface area contributed by atoms with Crippen molar-refractivity contribution >= 4 is 22.7 Å². The highest BCUT2D eigenvalue weighted by Gasteiger charge is 2.26. The number of rotatable bonds is 3. The molecule has 3 N–H and O–H groups in total. The Bertz CT molecular complexity index is 840. The molecular weight excluding hydrogens is 288 g/mol. The van der Waals surface area contributed by atoms with Gasteiger partial charge in [0.05, 0.1) is 16.8 Å². The van der Waals surface area contributed by atoms with E-state index < -0.39 is 0 Å². The SMILES string of the molecule is CC[C@@H]1CCCN1c1ccnc2[nH]cc(-c3ccnc(N)n3)c12. The number of anilines is 2. The summed E-state index contributed by atoms with van der Waals surface area (Å²) in [7, 11) is 0. The minimum absolute atomic E-state index is 0.287. The normalized spacial score (nSPS) is 18.0. The van der Waals surface area contributed by atoms with Crippen LogP contribution in [0.2, 0.25) is 0 Å². The van der Waals surface area contributed by atoms with Gasteiger partial charge in [-0.05, 0) is 31.4 Å². The zero-order chi connectivity index (χ0) is 15.8. The van der Waals surface area contributed by atoms with Gasteiger partial charge in [-0.2, -0.15) is 0 Å². The Morgan fingerprint density at radius 3 is 3.00 bits per heavy atom. The number of H-pyrrole nitrogens is 1. The molecule has 3 aromatic heterocycles. The Labute approximate surface area is 134 Å². The van der Waals surface area contributed by atoms with E-state index in [1.807, 2.05) is 18.5 Å². The molecule has 4 rings (SSSR count). The number of hydrogen-bond acceptors (Lipinski definition) is 5. The third-order valence-electron chi connectivity index (χ3n) is 4.66. The molecule has 0 radical (unpaired) electrons. The van der Waals surface area contributed by atoms with Gasteiger partial charge >= 0.3 is 0 Å². The van der Waals surface area contributed by atoms with E-state index in [1.54, 1.807) is 6.20 Å². The van der Waals surface area contributed by atoms with Crippen LogP contribution in [0.15, 0.2) is 30.7 Å². The molecule has 0 unspecified atom stereocenters. The lowest BCUT2D eigenvalue weighted by Gasteiger charge is -2.26. The second-order valence-electron chi connectivity index (χ2n) is 5.95. The second-order valence-corrected chi connectivity index (χ2v) is 5.95. The average molecular weight is 308 g/mol. The predicted octanol–water partition coefficient (Wildman–Crippen LogP) is 2.98. The molecule has 1 aliphatic heterocycles. The van der Waals surface area contributed by atoms with Gasteiger partial charge in [0, 0.05) is 36.7 Å². The molecule has 0 spiro atoms. The van der Waals surface area contributed by atoms with Crippen molar-refractivity contribution in [2.75, 3.05) is 17.2 Å². The van der Waals surface area contributed by atoms with Gasteiger partial charge in [0.2, 0.25) is 5.95 Å². The maximum absolute atomic E-state index is 5.75. The van der Waals surface area contributed by atoms with Gasteiger partial charge in [-0.15, -0.1) is 0 Å². The number of nitrogens with two attached hydrogens (primary N) is 1. The molecule has 1 saturated heterocycles. The highest BCUT2D eigenvalue weighted by molar-refractivity contribution is 6.02. The van der Waals surface area contributed by atoms with Crippen LogP contribution < -0.4 is 10.6 Å². The first-order chi connectivity index (χ1) is 11.3. The molecule has 6 heteroatoms. The second kappa shape index (κ2) is 5.53. The molecule has 1 atom stereocenters. The van der Waals surface area contributed by atoms with Crippen LogP contribution in [0.1, 0.15) is 26.2 Å². The van der Waals surface area contributed by atoms with E-state index in [1.165, 1.54) is 18.5 Å². The van der Waals surface area contributed by atoms with Crippen molar-refractivity contribution in [3.05, 3.63) is 30.7 Å². The Balaban J connectivity index is 1.91. The van der Waals surface area contributed by atoms with Crippen LogP contribution in [0.25, 0.3) is 22.3 Å². The third kappa shape index (κ3) is 2.30. The van der Waals surface area contributed by atoms with Gasteiger partial charge in [-0.3, -0.25) is 0 Å². The summed E-state index contributed by atoms with van der Waals surface area (Å²) in [5.74, 6) is 0.287. The molecule has 0 bridgehead atoms. The summed E-state index contributed by atoms with van der Waals surface area (Å²) >= 11 is 0. The van der Waals surface area contributed by atoms with Crippen LogP contribution in [0.5, 0.6) is 0 Å². The summed E-state index contributed by atoms with van der Waals surface area (Å²) in [4.78, 5) is 18.6. The van der Waals surface area contributed by atoms with Crippen molar-refractivity contribution in [2.45, 2.75) is 32.2 Å². The average Bonchev–Trinajstić information content (AvgIpc) is 3.21. The maximum Gasteiger partial charge on any atom is 0.220 e. The van der Waals surface area contributed by atoms with Crippen LogP contribution >= 0.6 is 0 Å². The summed E-state index contributed by atoms with van der Waals surface area (Å²) in [5.41, 5.74) is 9.72. The molecule has 6 nitrogen and oxygen atoms in total. The summed E-state index contributed by atoms with van der Waals surface area (Å²) in [6, 6.07) is 4.59. The molecule has 23 heavy (non-hydrogen) atoms. The molecule has 1 aliphatic rings. The highest BCUT2D eigenvalue weighted by Crippen LogP contribution is 2.37. The van der Waals surface area contributed by atoms with E-state index in [2.05, 4.69) is 37.8 Å². The van der Waals surface area contributed by atoms with E-state index in [-0.39, 0.29) is 5.95 Å². The topological polar surface area (TPSA) is 83.7 Å². The Kier molecular flexibility index (Phi) is 3.37. The monoisotopic (exact) mass is 308 g/mol. The Hall–Kier alpha value is -2.63. The Morgan fingerprint density at radius 2 is 2.17 bits per heavy atom. The molecule has 4 heterocycles. The minimum atomic E-state index is 0.287. The number of aromatic nitrogens is 4. The number of nitrogen functional groups attached to an aromatic ring is 1. The fourth-order valence-electron chi connectivity index (χ4n) is 3.58. The van der Waals surface area contributed by atoms with E-state index in [0.717, 1.165) is 35.3 Å². The zero-order valence-electron chi connectivity index (χ0n) is 13.2. The smallest absolute Gasteiger partial charge is 0.220 e. The van der Waals surface area contributed by atoms with E-state index >= 15 is 0 Å². The van der Waals surface area contributed by atoms with E-state index in [4.69, 9.17) is 5.73 Å². The number of aromatic amines is 1. The molecule has 0 saturated carbocycles. The zero-order valence-corrected chi connectivity index (χ0v) is 13.2. The Morgan fingerprint density at radius 1 is 1.30 bits per heavy atom. The van der Waals surface area contributed by atoms with Crippen molar-refractivity contribution in [2.24, 2.45) is 0 Å². The lowest BCUT2D eigenvalue weighted by Crippen LogP contribution is -2.28. The van der Waals surface area contributed by atoms with Crippen LogP contribution in [-0.4, -0.2) is 32.5 Å². The van der Waals surface area contributed by atoms with E-state index in [0.29, 0.717) is 6.04 Å². The van der Waals surface area contributed by atoms with Crippen molar-refractivity contribution in [3.63, 3.8) is 0 Å². The van der Waals surface area contributed by atoms with E-state index in [9.17, 15) is 0 Å². The summed E-state index contributed by atoms with van der Waals surface area (Å²) in [5, 5.41) is 1.12. The van der Waals surface area contributed by atoms with Crippen LogP contribution in [0, 0.1) is 0 Å². The maximum atomic E-state index is 5.75. The van der Waals surface area contributed by atoms with Crippen LogP contribution in [-0.2, 0) is 0 Å². The van der Waals surface area contributed by atoms with Gasteiger partial charge in [0.1, 0.15) is 5.65 Å².